The van der Waals surface area contributed by atoms with Crippen LogP contribution in [0.1, 0.15) is 34.7 Å². The Labute approximate surface area is 167 Å². The Morgan fingerprint density at radius 2 is 1.93 bits per heavy atom. The lowest BCUT2D eigenvalue weighted by molar-refractivity contribution is -0.0203. The lowest BCUT2D eigenvalue weighted by atomic mass is 9.97. The van der Waals surface area contributed by atoms with E-state index in [1.165, 1.54) is 10.4 Å². The van der Waals surface area contributed by atoms with Crippen molar-refractivity contribution in [3.63, 3.8) is 0 Å². The van der Waals surface area contributed by atoms with E-state index in [1.807, 2.05) is 30.3 Å². The van der Waals surface area contributed by atoms with Crippen molar-refractivity contribution in [1.82, 2.24) is 5.01 Å². The quantitative estimate of drug-likeness (QED) is 0.626. The standard InChI is InChI=1S/C22H20N2O3S/c1-25-14-9-10-16(20(12-14)26-2)22-24-18(15-6-3-4-7-19(15)27-22)13-17(23-24)21-8-5-11-28-21/h3-12,18,22H,13H2,1-2H3. The van der Waals surface area contributed by atoms with Crippen LogP contribution in [0.5, 0.6) is 17.2 Å². The molecule has 1 aromatic heterocycles. The molecular formula is C22H20N2O3S. The maximum Gasteiger partial charge on any atom is 0.217 e. The zero-order chi connectivity index (χ0) is 19.1. The molecule has 3 aromatic rings. The molecule has 6 heteroatoms. The molecule has 142 valence electrons. The first-order valence-electron chi connectivity index (χ1n) is 9.15. The van der Waals surface area contributed by atoms with Crippen molar-refractivity contribution in [1.29, 1.82) is 0 Å². The van der Waals surface area contributed by atoms with Crippen molar-refractivity contribution in [2.24, 2.45) is 5.10 Å². The summed E-state index contributed by atoms with van der Waals surface area (Å²) in [5.41, 5.74) is 3.19. The molecule has 2 unspecified atom stereocenters. The van der Waals surface area contributed by atoms with Gasteiger partial charge in [-0.25, -0.2) is 5.01 Å². The number of hydrogen-bond acceptors (Lipinski definition) is 6. The molecule has 3 heterocycles. The fourth-order valence-electron chi connectivity index (χ4n) is 3.85. The second kappa shape index (κ2) is 6.87. The lowest BCUT2D eigenvalue weighted by Crippen LogP contribution is -2.33. The lowest BCUT2D eigenvalue weighted by Gasteiger charge is -2.38. The average molecular weight is 392 g/mol. The molecule has 0 spiro atoms. The fraction of sp³-hybridized carbons (Fsp3) is 0.227. The second-order valence-electron chi connectivity index (χ2n) is 6.74. The molecule has 28 heavy (non-hydrogen) atoms. The number of fused-ring (bicyclic) bond motifs is 3. The first kappa shape index (κ1) is 17.1. The van der Waals surface area contributed by atoms with Crippen LogP contribution >= 0.6 is 11.3 Å². The SMILES string of the molecule is COc1ccc(C2Oc3ccccc3C3CC(c4cccs4)=NN32)c(OC)c1. The minimum Gasteiger partial charge on any atom is -0.497 e. The number of methoxy groups -OCH3 is 2. The van der Waals surface area contributed by atoms with E-state index in [2.05, 4.69) is 34.7 Å². The molecule has 0 saturated heterocycles. The maximum absolute atomic E-state index is 6.42. The highest BCUT2D eigenvalue weighted by atomic mass is 32.1. The van der Waals surface area contributed by atoms with Gasteiger partial charge in [0.15, 0.2) is 0 Å². The van der Waals surface area contributed by atoms with E-state index >= 15 is 0 Å². The van der Waals surface area contributed by atoms with Crippen molar-refractivity contribution >= 4 is 17.0 Å². The van der Waals surface area contributed by atoms with Gasteiger partial charge in [0.05, 0.1) is 36.4 Å². The molecule has 0 bridgehead atoms. The van der Waals surface area contributed by atoms with Crippen LogP contribution < -0.4 is 14.2 Å². The Balaban J connectivity index is 1.62. The summed E-state index contributed by atoms with van der Waals surface area (Å²) in [6, 6.07) is 18.3. The Kier molecular flexibility index (Phi) is 4.20. The van der Waals surface area contributed by atoms with Gasteiger partial charge >= 0.3 is 0 Å². The van der Waals surface area contributed by atoms with E-state index in [9.17, 15) is 0 Å². The van der Waals surface area contributed by atoms with Crippen LogP contribution in [0.3, 0.4) is 0 Å². The summed E-state index contributed by atoms with van der Waals surface area (Å²) in [6.45, 7) is 0. The molecule has 2 atom stereocenters. The topological polar surface area (TPSA) is 43.3 Å². The van der Waals surface area contributed by atoms with E-state index < -0.39 is 0 Å². The Bertz CT molecular complexity index is 1030. The molecule has 0 radical (unpaired) electrons. The van der Waals surface area contributed by atoms with E-state index in [0.717, 1.165) is 34.9 Å². The van der Waals surface area contributed by atoms with Gasteiger partial charge in [-0.15, -0.1) is 11.3 Å². The van der Waals surface area contributed by atoms with Gasteiger partial charge in [0.2, 0.25) is 6.23 Å². The number of hydrazone groups is 1. The predicted molar refractivity (Wildman–Crippen MR) is 109 cm³/mol. The summed E-state index contributed by atoms with van der Waals surface area (Å²) in [5.74, 6) is 2.37. The van der Waals surface area contributed by atoms with Crippen LogP contribution in [-0.4, -0.2) is 24.9 Å². The number of para-hydroxylation sites is 1. The van der Waals surface area contributed by atoms with Crippen molar-refractivity contribution < 1.29 is 14.2 Å². The number of thiophene rings is 1. The van der Waals surface area contributed by atoms with Crippen LogP contribution in [0.25, 0.3) is 0 Å². The van der Waals surface area contributed by atoms with E-state index in [4.69, 9.17) is 19.3 Å². The molecule has 2 aromatic carbocycles. The molecule has 0 aliphatic carbocycles. The summed E-state index contributed by atoms with van der Waals surface area (Å²) < 4.78 is 17.4. The van der Waals surface area contributed by atoms with Gasteiger partial charge in [0.25, 0.3) is 0 Å². The third kappa shape index (κ3) is 2.72. The van der Waals surface area contributed by atoms with Crippen molar-refractivity contribution in [3.8, 4) is 17.2 Å². The number of benzene rings is 2. The second-order valence-corrected chi connectivity index (χ2v) is 7.69. The van der Waals surface area contributed by atoms with Crippen molar-refractivity contribution in [3.05, 3.63) is 76.0 Å². The van der Waals surface area contributed by atoms with Crippen LogP contribution in [0, 0.1) is 0 Å². The predicted octanol–water partition coefficient (Wildman–Crippen LogP) is 5.01. The van der Waals surface area contributed by atoms with E-state index in [-0.39, 0.29) is 12.3 Å². The molecule has 0 saturated carbocycles. The summed E-state index contributed by atoms with van der Waals surface area (Å²) in [7, 11) is 3.31. The molecule has 5 nitrogen and oxygen atoms in total. The summed E-state index contributed by atoms with van der Waals surface area (Å²) in [4.78, 5) is 1.20. The van der Waals surface area contributed by atoms with Crippen LogP contribution in [0.15, 0.2) is 65.1 Å². The molecule has 0 amide bonds. The van der Waals surface area contributed by atoms with Gasteiger partial charge in [-0.2, -0.15) is 5.10 Å². The minimum absolute atomic E-state index is 0.138. The summed E-state index contributed by atoms with van der Waals surface area (Å²) in [5, 5.41) is 9.13. The molecule has 0 N–H and O–H groups in total. The largest absolute Gasteiger partial charge is 0.497 e. The van der Waals surface area contributed by atoms with Gasteiger partial charge in [-0.1, -0.05) is 24.3 Å². The van der Waals surface area contributed by atoms with E-state index in [0.29, 0.717) is 0 Å². The number of hydrogen-bond donors (Lipinski definition) is 0. The Morgan fingerprint density at radius 3 is 2.71 bits per heavy atom. The van der Waals surface area contributed by atoms with Gasteiger partial charge in [-0.3, -0.25) is 0 Å². The molecular weight excluding hydrogens is 372 g/mol. The molecule has 2 aliphatic heterocycles. The van der Waals surface area contributed by atoms with Gasteiger partial charge < -0.3 is 14.2 Å². The smallest absolute Gasteiger partial charge is 0.217 e. The van der Waals surface area contributed by atoms with Crippen LogP contribution in [0.4, 0.5) is 0 Å². The summed E-state index contributed by atoms with van der Waals surface area (Å²) >= 11 is 1.72. The molecule has 5 rings (SSSR count). The van der Waals surface area contributed by atoms with Crippen molar-refractivity contribution in [2.45, 2.75) is 18.7 Å². The highest BCUT2D eigenvalue weighted by Gasteiger charge is 2.42. The third-order valence-electron chi connectivity index (χ3n) is 5.21. The van der Waals surface area contributed by atoms with Gasteiger partial charge in [0, 0.05) is 18.1 Å². The van der Waals surface area contributed by atoms with E-state index in [1.54, 1.807) is 25.6 Å². The summed E-state index contributed by atoms with van der Waals surface area (Å²) in [6.07, 6.45) is 0.494. The zero-order valence-corrected chi connectivity index (χ0v) is 16.5. The monoisotopic (exact) mass is 392 g/mol. The average Bonchev–Trinajstić information content (AvgIpc) is 3.42. The molecule has 0 fully saturated rings. The van der Waals surface area contributed by atoms with Crippen LogP contribution in [0.2, 0.25) is 0 Å². The first-order chi connectivity index (χ1) is 13.8. The highest BCUT2D eigenvalue weighted by Crippen LogP contribution is 2.49. The number of rotatable bonds is 4. The first-order valence-corrected chi connectivity index (χ1v) is 10.0. The zero-order valence-electron chi connectivity index (χ0n) is 15.7. The minimum atomic E-state index is -0.363. The van der Waals surface area contributed by atoms with Crippen LogP contribution in [-0.2, 0) is 0 Å². The highest BCUT2D eigenvalue weighted by molar-refractivity contribution is 7.12. The normalized spacial score (nSPS) is 20.1. The Hall–Kier alpha value is -2.99. The number of ether oxygens (including phenoxy) is 3. The maximum atomic E-state index is 6.42. The van der Waals surface area contributed by atoms with Gasteiger partial charge in [0.1, 0.15) is 17.2 Å². The third-order valence-corrected chi connectivity index (χ3v) is 6.13. The molecule has 2 aliphatic rings. The Morgan fingerprint density at radius 1 is 1.04 bits per heavy atom. The number of nitrogens with zero attached hydrogens (tertiary/aromatic N) is 2. The fourth-order valence-corrected chi connectivity index (χ4v) is 4.57. The van der Waals surface area contributed by atoms with Gasteiger partial charge in [-0.05, 0) is 29.6 Å². The van der Waals surface area contributed by atoms with Crippen molar-refractivity contribution in [2.75, 3.05) is 14.2 Å².